The number of nitrogens with zero attached hydrogens (tertiary/aromatic N) is 2. The summed E-state index contributed by atoms with van der Waals surface area (Å²) in [6.07, 6.45) is 5.22. The van der Waals surface area contributed by atoms with Crippen LogP contribution in [0.15, 0.2) is 41.0 Å². The SMILES string of the molecule is N#Cc1c(NC(=O)COC(=O)c2ccc3c(c2)C(=O)N(Cc2ccco2)C3=O)sc2c1CCCC2. The van der Waals surface area contributed by atoms with Crippen molar-refractivity contribution in [2.75, 3.05) is 11.9 Å². The van der Waals surface area contributed by atoms with Gasteiger partial charge in [-0.15, -0.1) is 11.3 Å². The van der Waals surface area contributed by atoms with Crippen LogP contribution in [0.2, 0.25) is 0 Å². The van der Waals surface area contributed by atoms with Crippen molar-refractivity contribution in [1.82, 2.24) is 4.90 Å². The highest BCUT2D eigenvalue weighted by molar-refractivity contribution is 7.16. The van der Waals surface area contributed by atoms with E-state index in [1.165, 1.54) is 35.8 Å². The van der Waals surface area contributed by atoms with Crippen LogP contribution in [0.1, 0.15) is 65.7 Å². The molecule has 10 heteroatoms. The second-order valence-corrected chi connectivity index (χ2v) is 9.29. The van der Waals surface area contributed by atoms with E-state index in [4.69, 9.17) is 9.15 Å². The van der Waals surface area contributed by atoms with Gasteiger partial charge in [0, 0.05) is 4.88 Å². The predicted molar refractivity (Wildman–Crippen MR) is 124 cm³/mol. The fourth-order valence-corrected chi connectivity index (χ4v) is 5.52. The van der Waals surface area contributed by atoms with E-state index in [0.717, 1.165) is 41.0 Å². The highest BCUT2D eigenvalue weighted by atomic mass is 32.1. The summed E-state index contributed by atoms with van der Waals surface area (Å²) >= 11 is 1.38. The highest BCUT2D eigenvalue weighted by Gasteiger charge is 2.36. The molecule has 5 rings (SSSR count). The summed E-state index contributed by atoms with van der Waals surface area (Å²) in [4.78, 5) is 52.4. The van der Waals surface area contributed by atoms with Gasteiger partial charge in [-0.05, 0) is 61.6 Å². The van der Waals surface area contributed by atoms with Gasteiger partial charge >= 0.3 is 5.97 Å². The zero-order valence-corrected chi connectivity index (χ0v) is 19.3. The maximum atomic E-state index is 12.7. The Bertz CT molecular complexity index is 1400. The van der Waals surface area contributed by atoms with Crippen molar-refractivity contribution >= 4 is 40.0 Å². The van der Waals surface area contributed by atoms with Crippen LogP contribution in [0.25, 0.3) is 0 Å². The summed E-state index contributed by atoms with van der Waals surface area (Å²) < 4.78 is 10.3. The van der Waals surface area contributed by atoms with Gasteiger partial charge in [-0.3, -0.25) is 19.3 Å². The molecule has 1 aliphatic carbocycles. The van der Waals surface area contributed by atoms with Gasteiger partial charge in [0.05, 0.1) is 35.1 Å². The Balaban J connectivity index is 1.23. The van der Waals surface area contributed by atoms with Crippen molar-refractivity contribution in [2.45, 2.75) is 32.2 Å². The number of imide groups is 1. The molecule has 2 aliphatic rings. The number of hydrogen-bond donors (Lipinski definition) is 1. The molecule has 0 fully saturated rings. The van der Waals surface area contributed by atoms with Gasteiger partial charge in [0.2, 0.25) is 0 Å². The van der Waals surface area contributed by atoms with Gasteiger partial charge in [-0.2, -0.15) is 5.26 Å². The van der Waals surface area contributed by atoms with Crippen molar-refractivity contribution in [3.05, 3.63) is 75.0 Å². The van der Waals surface area contributed by atoms with Gasteiger partial charge in [0.15, 0.2) is 6.61 Å². The van der Waals surface area contributed by atoms with E-state index in [1.54, 1.807) is 12.1 Å². The molecule has 3 heterocycles. The van der Waals surface area contributed by atoms with E-state index in [1.807, 2.05) is 0 Å². The zero-order valence-electron chi connectivity index (χ0n) is 18.5. The minimum atomic E-state index is -0.807. The first kappa shape index (κ1) is 22.6. The number of fused-ring (bicyclic) bond motifs is 2. The van der Waals surface area contributed by atoms with E-state index in [9.17, 15) is 24.4 Å². The van der Waals surface area contributed by atoms with Crippen molar-refractivity contribution in [3.63, 3.8) is 0 Å². The first-order chi connectivity index (χ1) is 17.0. The number of anilines is 1. The molecule has 35 heavy (non-hydrogen) atoms. The molecule has 0 saturated carbocycles. The number of hydrogen-bond acceptors (Lipinski definition) is 8. The number of amides is 3. The van der Waals surface area contributed by atoms with E-state index in [0.29, 0.717) is 16.3 Å². The number of thiophene rings is 1. The Morgan fingerprint density at radius 2 is 1.94 bits per heavy atom. The Hall–Kier alpha value is -4.23. The Morgan fingerprint density at radius 3 is 2.71 bits per heavy atom. The highest BCUT2D eigenvalue weighted by Crippen LogP contribution is 2.37. The molecule has 0 bridgehead atoms. The molecule has 1 aromatic carbocycles. The third kappa shape index (κ3) is 4.22. The second-order valence-electron chi connectivity index (χ2n) is 8.19. The lowest BCUT2D eigenvalue weighted by atomic mass is 9.96. The van der Waals surface area contributed by atoms with Crippen molar-refractivity contribution < 1.29 is 28.3 Å². The summed E-state index contributed by atoms with van der Waals surface area (Å²) in [6.45, 7) is -0.572. The first-order valence-corrected chi connectivity index (χ1v) is 11.8. The molecule has 1 N–H and O–H groups in total. The van der Waals surface area contributed by atoms with Crippen LogP contribution >= 0.6 is 11.3 Å². The molecule has 3 amide bonds. The lowest BCUT2D eigenvalue weighted by molar-refractivity contribution is -0.119. The average Bonchev–Trinajstić information content (AvgIpc) is 3.56. The van der Waals surface area contributed by atoms with Crippen molar-refractivity contribution in [1.29, 1.82) is 5.26 Å². The number of nitriles is 1. The van der Waals surface area contributed by atoms with Gasteiger partial charge in [0.1, 0.15) is 16.8 Å². The number of rotatable bonds is 6. The van der Waals surface area contributed by atoms with Crippen LogP contribution in [0.3, 0.4) is 0 Å². The van der Waals surface area contributed by atoms with Gasteiger partial charge in [-0.25, -0.2) is 4.79 Å². The van der Waals surface area contributed by atoms with Gasteiger partial charge < -0.3 is 14.5 Å². The number of carbonyl (C=O) groups is 4. The van der Waals surface area contributed by atoms with Gasteiger partial charge in [0.25, 0.3) is 17.7 Å². The molecule has 1 aliphatic heterocycles. The summed E-state index contributed by atoms with van der Waals surface area (Å²) in [5.74, 6) is -1.94. The number of esters is 1. The monoisotopic (exact) mass is 489 g/mol. The number of nitrogens with one attached hydrogen (secondary N) is 1. The normalized spacial score (nSPS) is 14.3. The lowest BCUT2D eigenvalue weighted by Gasteiger charge is -2.11. The van der Waals surface area contributed by atoms with Gasteiger partial charge in [-0.1, -0.05) is 0 Å². The van der Waals surface area contributed by atoms with Crippen molar-refractivity contribution in [2.24, 2.45) is 0 Å². The third-order valence-electron chi connectivity index (χ3n) is 5.97. The molecular weight excluding hydrogens is 470 g/mol. The molecule has 2 aromatic heterocycles. The van der Waals surface area contributed by atoms with E-state index in [2.05, 4.69) is 11.4 Å². The van der Waals surface area contributed by atoms with Crippen LogP contribution in [-0.2, 0) is 28.9 Å². The Kier molecular flexibility index (Phi) is 5.93. The summed E-state index contributed by atoms with van der Waals surface area (Å²) in [5, 5.41) is 12.7. The summed E-state index contributed by atoms with van der Waals surface area (Å²) in [7, 11) is 0. The molecule has 3 aromatic rings. The molecule has 0 saturated heterocycles. The maximum absolute atomic E-state index is 12.7. The molecule has 0 spiro atoms. The molecule has 9 nitrogen and oxygen atoms in total. The minimum Gasteiger partial charge on any atom is -0.467 e. The fraction of sp³-hybridized carbons (Fsp3) is 0.240. The average molecular weight is 490 g/mol. The van der Waals surface area contributed by atoms with Crippen LogP contribution in [-0.4, -0.2) is 35.2 Å². The lowest BCUT2D eigenvalue weighted by Crippen LogP contribution is -2.28. The molecule has 0 unspecified atom stereocenters. The fourth-order valence-electron chi connectivity index (χ4n) is 4.27. The van der Waals surface area contributed by atoms with Crippen molar-refractivity contribution in [3.8, 4) is 6.07 Å². The molecule has 0 atom stereocenters. The van der Waals surface area contributed by atoms with E-state index < -0.39 is 30.3 Å². The number of furan rings is 1. The smallest absolute Gasteiger partial charge is 0.338 e. The number of benzene rings is 1. The number of ether oxygens (including phenoxy) is 1. The Morgan fingerprint density at radius 1 is 1.14 bits per heavy atom. The van der Waals surface area contributed by atoms with E-state index >= 15 is 0 Å². The van der Waals surface area contributed by atoms with Crippen LogP contribution in [0.4, 0.5) is 5.00 Å². The maximum Gasteiger partial charge on any atom is 0.338 e. The summed E-state index contributed by atoms with van der Waals surface area (Å²) in [5.41, 5.74) is 1.78. The largest absolute Gasteiger partial charge is 0.467 e. The standard InChI is InChI=1S/C25H19N3O6S/c26-11-19-16-5-1-2-6-20(16)35-22(19)27-21(29)13-34-25(32)14-7-8-17-18(10-14)24(31)28(23(17)30)12-15-4-3-9-33-15/h3-4,7-10H,1-2,5-6,12-13H2,(H,27,29). The van der Waals surface area contributed by atoms with E-state index in [-0.39, 0.29) is 23.2 Å². The minimum absolute atomic E-state index is 0.0177. The zero-order chi connectivity index (χ0) is 24.5. The quantitative estimate of drug-likeness (QED) is 0.413. The first-order valence-electron chi connectivity index (χ1n) is 11.0. The van der Waals surface area contributed by atoms with Crippen LogP contribution in [0, 0.1) is 11.3 Å². The second kappa shape index (κ2) is 9.19. The molecule has 176 valence electrons. The third-order valence-corrected chi connectivity index (χ3v) is 7.18. The molecule has 0 radical (unpaired) electrons. The topological polar surface area (TPSA) is 130 Å². The predicted octanol–water partition coefficient (Wildman–Crippen LogP) is 3.68. The Labute approximate surface area is 203 Å². The number of aryl methyl sites for hydroxylation is 1. The van der Waals surface area contributed by atoms with Crippen LogP contribution in [0.5, 0.6) is 0 Å². The molecular formula is C25H19N3O6S. The van der Waals surface area contributed by atoms with Crippen LogP contribution < -0.4 is 5.32 Å². The summed E-state index contributed by atoms with van der Waals surface area (Å²) in [6, 6.07) is 9.54. The number of carbonyl (C=O) groups excluding carboxylic acids is 4.